The molecule has 0 aliphatic heterocycles. The van der Waals surface area contributed by atoms with E-state index in [1.165, 1.54) is 0 Å². The van der Waals surface area contributed by atoms with Crippen molar-refractivity contribution < 1.29 is 4.74 Å². The molecular weight excluding hydrogens is 190 g/mol. The van der Waals surface area contributed by atoms with Crippen molar-refractivity contribution in [3.05, 3.63) is 17.3 Å². The Hall–Kier alpha value is -0.870. The molecule has 0 spiro atoms. The first kappa shape index (κ1) is 10.2. The van der Waals surface area contributed by atoms with Gasteiger partial charge in [-0.25, -0.2) is 0 Å². The average molecular weight is 202 g/mol. The van der Waals surface area contributed by atoms with Gasteiger partial charge in [-0.1, -0.05) is 11.6 Å². The lowest BCUT2D eigenvalue weighted by atomic mass is 10.3. The lowest BCUT2D eigenvalue weighted by molar-refractivity contribution is 0.190. The van der Waals surface area contributed by atoms with E-state index >= 15 is 0 Å². The van der Waals surface area contributed by atoms with Crippen LogP contribution in [0.1, 0.15) is 6.92 Å². The number of methoxy groups -OCH3 is 1. The number of ether oxygens (including phenoxy) is 1. The second kappa shape index (κ2) is 4.99. The Kier molecular flexibility index (Phi) is 3.92. The highest BCUT2D eigenvalue weighted by Gasteiger charge is 2.01. The number of anilines is 1. The van der Waals surface area contributed by atoms with Crippen LogP contribution in [-0.4, -0.2) is 30.0 Å². The van der Waals surface area contributed by atoms with Gasteiger partial charge in [0.2, 0.25) is 0 Å². The molecule has 1 aromatic rings. The van der Waals surface area contributed by atoms with Gasteiger partial charge in [0.1, 0.15) is 5.82 Å². The van der Waals surface area contributed by atoms with Gasteiger partial charge in [0, 0.05) is 13.2 Å². The Balaban J connectivity index is 2.49. The maximum absolute atomic E-state index is 5.58. The first-order valence-electron chi connectivity index (χ1n) is 3.97. The molecular formula is C8H12ClN3O. The number of nitrogens with one attached hydrogen (secondary N) is 1. The van der Waals surface area contributed by atoms with E-state index in [0.29, 0.717) is 17.6 Å². The van der Waals surface area contributed by atoms with Crippen LogP contribution in [0.25, 0.3) is 0 Å². The van der Waals surface area contributed by atoms with Crippen molar-refractivity contribution in [1.29, 1.82) is 0 Å². The molecule has 0 aromatic carbocycles. The van der Waals surface area contributed by atoms with Gasteiger partial charge in [-0.2, -0.15) is 0 Å². The molecule has 0 saturated heterocycles. The van der Waals surface area contributed by atoms with Crippen molar-refractivity contribution in [1.82, 2.24) is 10.2 Å². The minimum atomic E-state index is 0.209. The van der Waals surface area contributed by atoms with Crippen LogP contribution in [0.5, 0.6) is 0 Å². The fraction of sp³-hybridized carbons (Fsp3) is 0.500. The van der Waals surface area contributed by atoms with Crippen LogP contribution in [0.4, 0.5) is 5.82 Å². The minimum absolute atomic E-state index is 0.209. The summed E-state index contributed by atoms with van der Waals surface area (Å²) in [5.41, 5.74) is 0. The Morgan fingerprint density at radius 2 is 2.31 bits per heavy atom. The van der Waals surface area contributed by atoms with E-state index in [-0.39, 0.29) is 6.04 Å². The van der Waals surface area contributed by atoms with Crippen LogP contribution in [0.2, 0.25) is 5.15 Å². The molecule has 1 rings (SSSR count). The summed E-state index contributed by atoms with van der Waals surface area (Å²) < 4.78 is 4.96. The summed E-state index contributed by atoms with van der Waals surface area (Å²) in [6, 6.07) is 3.68. The summed E-state index contributed by atoms with van der Waals surface area (Å²) in [6.07, 6.45) is 0. The summed E-state index contributed by atoms with van der Waals surface area (Å²) >= 11 is 5.58. The molecule has 1 aromatic heterocycles. The van der Waals surface area contributed by atoms with E-state index in [1.54, 1.807) is 19.2 Å². The van der Waals surface area contributed by atoms with E-state index in [4.69, 9.17) is 16.3 Å². The minimum Gasteiger partial charge on any atom is -0.383 e. The molecule has 72 valence electrons. The van der Waals surface area contributed by atoms with Crippen molar-refractivity contribution >= 4 is 17.4 Å². The monoisotopic (exact) mass is 201 g/mol. The van der Waals surface area contributed by atoms with Gasteiger partial charge in [-0.3, -0.25) is 0 Å². The van der Waals surface area contributed by atoms with Gasteiger partial charge >= 0.3 is 0 Å². The third kappa shape index (κ3) is 3.57. The summed E-state index contributed by atoms with van der Waals surface area (Å²) in [4.78, 5) is 0. The second-order valence-electron chi connectivity index (χ2n) is 2.74. The SMILES string of the molecule is COCC(C)Nc1ccc(Cl)nn1. The van der Waals surface area contributed by atoms with Gasteiger partial charge in [0.15, 0.2) is 5.15 Å². The van der Waals surface area contributed by atoms with Gasteiger partial charge in [-0.15, -0.1) is 10.2 Å². The molecule has 13 heavy (non-hydrogen) atoms. The molecule has 0 bridgehead atoms. The second-order valence-corrected chi connectivity index (χ2v) is 3.13. The van der Waals surface area contributed by atoms with E-state index in [2.05, 4.69) is 15.5 Å². The highest BCUT2D eigenvalue weighted by atomic mass is 35.5. The first-order valence-corrected chi connectivity index (χ1v) is 4.35. The molecule has 0 fully saturated rings. The Labute approximate surface area is 82.3 Å². The molecule has 4 nitrogen and oxygen atoms in total. The number of hydrogen-bond acceptors (Lipinski definition) is 4. The molecule has 0 saturated carbocycles. The van der Waals surface area contributed by atoms with Gasteiger partial charge in [-0.05, 0) is 19.1 Å². The van der Waals surface area contributed by atoms with E-state index in [9.17, 15) is 0 Å². The first-order chi connectivity index (χ1) is 6.22. The van der Waals surface area contributed by atoms with Crippen LogP contribution in [-0.2, 0) is 4.74 Å². The number of rotatable bonds is 4. The largest absolute Gasteiger partial charge is 0.383 e. The summed E-state index contributed by atoms with van der Waals surface area (Å²) in [5, 5.41) is 11.1. The van der Waals surface area contributed by atoms with Gasteiger partial charge in [0.05, 0.1) is 6.61 Å². The molecule has 0 radical (unpaired) electrons. The van der Waals surface area contributed by atoms with Crippen LogP contribution in [0, 0.1) is 0 Å². The fourth-order valence-electron chi connectivity index (χ4n) is 0.937. The fourth-order valence-corrected chi connectivity index (χ4v) is 1.04. The third-order valence-corrected chi connectivity index (χ3v) is 1.64. The standard InChI is InChI=1S/C8H12ClN3O/c1-6(5-13-2)10-8-4-3-7(9)11-12-8/h3-4,6H,5H2,1-2H3,(H,10,12). The van der Waals surface area contributed by atoms with Crippen molar-refractivity contribution in [3.63, 3.8) is 0 Å². The van der Waals surface area contributed by atoms with Crippen molar-refractivity contribution in [2.24, 2.45) is 0 Å². The molecule has 0 amide bonds. The normalized spacial score (nSPS) is 12.5. The third-order valence-electron chi connectivity index (χ3n) is 1.44. The van der Waals surface area contributed by atoms with Crippen molar-refractivity contribution in [3.8, 4) is 0 Å². The van der Waals surface area contributed by atoms with Gasteiger partial charge in [0.25, 0.3) is 0 Å². The number of nitrogens with zero attached hydrogens (tertiary/aromatic N) is 2. The summed E-state index contributed by atoms with van der Waals surface area (Å²) in [5.74, 6) is 0.703. The number of hydrogen-bond donors (Lipinski definition) is 1. The van der Waals surface area contributed by atoms with E-state index < -0.39 is 0 Å². The molecule has 5 heteroatoms. The van der Waals surface area contributed by atoms with Crippen LogP contribution in [0.3, 0.4) is 0 Å². The van der Waals surface area contributed by atoms with E-state index in [0.717, 1.165) is 0 Å². The smallest absolute Gasteiger partial charge is 0.151 e. The molecule has 1 heterocycles. The highest BCUT2D eigenvalue weighted by molar-refractivity contribution is 6.29. The Morgan fingerprint density at radius 1 is 1.54 bits per heavy atom. The molecule has 1 N–H and O–H groups in total. The highest BCUT2D eigenvalue weighted by Crippen LogP contribution is 2.06. The predicted octanol–water partition coefficient (Wildman–Crippen LogP) is 1.58. The maximum atomic E-state index is 5.58. The zero-order valence-electron chi connectivity index (χ0n) is 7.62. The number of halogens is 1. The lowest BCUT2D eigenvalue weighted by Crippen LogP contribution is -2.21. The molecule has 1 unspecified atom stereocenters. The summed E-state index contributed by atoms with van der Waals surface area (Å²) in [7, 11) is 1.66. The lowest BCUT2D eigenvalue weighted by Gasteiger charge is -2.12. The Bertz CT molecular complexity index is 252. The number of aromatic nitrogens is 2. The maximum Gasteiger partial charge on any atom is 0.151 e. The van der Waals surface area contributed by atoms with Gasteiger partial charge < -0.3 is 10.1 Å². The predicted molar refractivity (Wildman–Crippen MR) is 52.0 cm³/mol. The average Bonchev–Trinajstić information content (AvgIpc) is 2.09. The Morgan fingerprint density at radius 3 is 2.85 bits per heavy atom. The molecule has 1 atom stereocenters. The van der Waals surface area contributed by atoms with Crippen molar-refractivity contribution in [2.75, 3.05) is 19.0 Å². The summed E-state index contributed by atoms with van der Waals surface area (Å²) in [6.45, 7) is 2.63. The van der Waals surface area contributed by atoms with Crippen LogP contribution >= 0.6 is 11.6 Å². The van der Waals surface area contributed by atoms with Crippen molar-refractivity contribution in [2.45, 2.75) is 13.0 Å². The van der Waals surface area contributed by atoms with Crippen LogP contribution < -0.4 is 5.32 Å². The quantitative estimate of drug-likeness (QED) is 0.804. The topological polar surface area (TPSA) is 47.0 Å². The van der Waals surface area contributed by atoms with E-state index in [1.807, 2.05) is 6.92 Å². The zero-order chi connectivity index (χ0) is 9.68. The van der Waals surface area contributed by atoms with Crippen LogP contribution in [0.15, 0.2) is 12.1 Å². The molecule has 0 aliphatic rings. The zero-order valence-corrected chi connectivity index (χ0v) is 8.38. The molecule has 0 aliphatic carbocycles.